The Kier molecular flexibility index (Phi) is 4.21. The highest BCUT2D eigenvalue weighted by Gasteiger charge is 2.40. The van der Waals surface area contributed by atoms with Crippen LogP contribution in [0.1, 0.15) is 24.3 Å². The Morgan fingerprint density at radius 2 is 1.60 bits per heavy atom. The van der Waals surface area contributed by atoms with Gasteiger partial charge in [0, 0.05) is 56.9 Å². The van der Waals surface area contributed by atoms with Crippen LogP contribution in [-0.4, -0.2) is 52.2 Å². The van der Waals surface area contributed by atoms with Gasteiger partial charge >= 0.3 is 5.97 Å². The van der Waals surface area contributed by atoms with Gasteiger partial charge in [-0.3, -0.25) is 9.78 Å². The Labute approximate surface area is 146 Å². The molecule has 2 aliphatic heterocycles. The zero-order valence-corrected chi connectivity index (χ0v) is 14.0. The van der Waals surface area contributed by atoms with Gasteiger partial charge in [0.25, 0.3) is 0 Å². The molecule has 0 radical (unpaired) electrons. The summed E-state index contributed by atoms with van der Waals surface area (Å²) in [6, 6.07) is 3.81. The Hall–Kier alpha value is -2.70. The van der Waals surface area contributed by atoms with Gasteiger partial charge in [-0.15, -0.1) is 0 Å². The lowest BCUT2D eigenvalue weighted by Crippen LogP contribution is -2.28. The molecule has 0 amide bonds. The molecule has 0 spiro atoms. The average molecular weight is 339 g/mol. The summed E-state index contributed by atoms with van der Waals surface area (Å²) in [5.74, 6) is 0.368. The molecule has 1 N–H and O–H groups in total. The van der Waals surface area contributed by atoms with Crippen molar-refractivity contribution < 1.29 is 9.90 Å². The van der Waals surface area contributed by atoms with Gasteiger partial charge in [0.1, 0.15) is 0 Å². The van der Waals surface area contributed by atoms with Crippen molar-refractivity contribution in [1.29, 1.82) is 0 Å². The number of hydrogen-bond acceptors (Lipinski definition) is 6. The Morgan fingerprint density at radius 1 is 0.960 bits per heavy atom. The molecule has 4 rings (SSSR count). The van der Waals surface area contributed by atoms with Crippen LogP contribution in [0.2, 0.25) is 0 Å². The van der Waals surface area contributed by atoms with Crippen LogP contribution >= 0.6 is 0 Å². The minimum Gasteiger partial charge on any atom is -0.481 e. The molecule has 7 heteroatoms. The third-order valence-corrected chi connectivity index (χ3v) is 5.14. The molecule has 0 bridgehead atoms. The molecule has 0 saturated carbocycles. The Morgan fingerprint density at radius 3 is 2.24 bits per heavy atom. The number of nitrogens with zero attached hydrogens (tertiary/aromatic N) is 5. The first-order chi connectivity index (χ1) is 12.2. The highest BCUT2D eigenvalue weighted by Crippen LogP contribution is 2.37. The summed E-state index contributed by atoms with van der Waals surface area (Å²) in [4.78, 5) is 29.3. The minimum absolute atomic E-state index is 0.0751. The smallest absolute Gasteiger partial charge is 0.308 e. The number of aliphatic carboxylic acids is 1. The van der Waals surface area contributed by atoms with Crippen molar-refractivity contribution in [2.75, 3.05) is 36.0 Å². The lowest BCUT2D eigenvalue weighted by atomic mass is 9.90. The Balaban J connectivity index is 1.65. The van der Waals surface area contributed by atoms with E-state index in [9.17, 15) is 9.90 Å². The highest BCUT2D eigenvalue weighted by molar-refractivity contribution is 5.75. The molecule has 0 aromatic carbocycles. The first kappa shape index (κ1) is 15.8. The first-order valence-corrected chi connectivity index (χ1v) is 8.67. The topological polar surface area (TPSA) is 82.4 Å². The lowest BCUT2D eigenvalue weighted by Gasteiger charge is -2.24. The number of aromatic nitrogens is 3. The first-order valence-electron chi connectivity index (χ1n) is 8.67. The second kappa shape index (κ2) is 6.66. The number of carboxylic acid groups (broad SMARTS) is 1. The van der Waals surface area contributed by atoms with E-state index in [4.69, 9.17) is 0 Å². The second-order valence-electron chi connectivity index (χ2n) is 6.63. The maximum absolute atomic E-state index is 11.8. The molecule has 2 aromatic heterocycles. The van der Waals surface area contributed by atoms with Gasteiger partial charge in [0.15, 0.2) is 11.6 Å². The van der Waals surface area contributed by atoms with E-state index in [1.807, 2.05) is 12.1 Å². The summed E-state index contributed by atoms with van der Waals surface area (Å²) < 4.78 is 0. The van der Waals surface area contributed by atoms with Gasteiger partial charge in [0.2, 0.25) is 0 Å². The van der Waals surface area contributed by atoms with Crippen molar-refractivity contribution in [3.63, 3.8) is 0 Å². The minimum atomic E-state index is -0.768. The summed E-state index contributed by atoms with van der Waals surface area (Å²) in [6.07, 6.45) is 9.15. The third kappa shape index (κ3) is 3.01. The molecule has 25 heavy (non-hydrogen) atoms. The van der Waals surface area contributed by atoms with E-state index in [2.05, 4.69) is 24.8 Å². The van der Waals surface area contributed by atoms with Crippen LogP contribution in [0.15, 0.2) is 36.9 Å². The third-order valence-electron chi connectivity index (χ3n) is 5.14. The highest BCUT2D eigenvalue weighted by atomic mass is 16.4. The fourth-order valence-corrected chi connectivity index (χ4v) is 3.87. The van der Waals surface area contributed by atoms with E-state index in [-0.39, 0.29) is 5.92 Å². The van der Waals surface area contributed by atoms with E-state index >= 15 is 0 Å². The molecule has 2 aromatic rings. The molecule has 2 atom stereocenters. The van der Waals surface area contributed by atoms with Crippen LogP contribution in [-0.2, 0) is 4.79 Å². The molecule has 2 saturated heterocycles. The summed E-state index contributed by atoms with van der Waals surface area (Å²) >= 11 is 0. The standard InChI is InChI=1S/C18H21N5O2/c24-18(25)15-12-23(11-14(15)13-3-5-19-6-4-13)17-16(20-7-8-21-17)22-9-1-2-10-22/h3-8,14-15H,1-2,9-12H2,(H,24,25)/t14-,15+/m0/s1. The zero-order valence-electron chi connectivity index (χ0n) is 14.0. The summed E-state index contributed by atoms with van der Waals surface area (Å²) in [7, 11) is 0. The van der Waals surface area contributed by atoms with E-state index in [0.29, 0.717) is 13.1 Å². The molecule has 2 aliphatic rings. The number of rotatable bonds is 4. The van der Waals surface area contributed by atoms with Crippen LogP contribution in [0.5, 0.6) is 0 Å². The van der Waals surface area contributed by atoms with E-state index in [1.54, 1.807) is 24.8 Å². The van der Waals surface area contributed by atoms with Crippen molar-refractivity contribution in [2.24, 2.45) is 5.92 Å². The zero-order chi connectivity index (χ0) is 17.2. The van der Waals surface area contributed by atoms with Crippen molar-refractivity contribution in [3.05, 3.63) is 42.5 Å². The normalized spacial score (nSPS) is 23.2. The molecule has 0 unspecified atom stereocenters. The Bertz CT molecular complexity index is 748. The van der Waals surface area contributed by atoms with Gasteiger partial charge in [0.05, 0.1) is 5.92 Å². The number of anilines is 2. The molecular weight excluding hydrogens is 318 g/mol. The molecule has 4 heterocycles. The predicted octanol–water partition coefficient (Wildman–Crippen LogP) is 1.78. The summed E-state index contributed by atoms with van der Waals surface area (Å²) in [5, 5.41) is 9.70. The van der Waals surface area contributed by atoms with Crippen molar-refractivity contribution >= 4 is 17.6 Å². The van der Waals surface area contributed by atoms with Crippen LogP contribution in [0.4, 0.5) is 11.6 Å². The van der Waals surface area contributed by atoms with Crippen LogP contribution in [0.3, 0.4) is 0 Å². The fourth-order valence-electron chi connectivity index (χ4n) is 3.87. The van der Waals surface area contributed by atoms with Crippen molar-refractivity contribution in [1.82, 2.24) is 15.0 Å². The van der Waals surface area contributed by atoms with E-state index in [0.717, 1.165) is 43.1 Å². The van der Waals surface area contributed by atoms with E-state index in [1.165, 1.54) is 0 Å². The van der Waals surface area contributed by atoms with E-state index < -0.39 is 11.9 Å². The molecule has 130 valence electrons. The molecule has 2 fully saturated rings. The van der Waals surface area contributed by atoms with Crippen molar-refractivity contribution in [3.8, 4) is 0 Å². The van der Waals surface area contributed by atoms with Gasteiger partial charge in [-0.2, -0.15) is 0 Å². The maximum atomic E-state index is 11.8. The van der Waals surface area contributed by atoms with Gasteiger partial charge in [-0.05, 0) is 30.5 Å². The summed E-state index contributed by atoms with van der Waals surface area (Å²) in [5.41, 5.74) is 1.01. The summed E-state index contributed by atoms with van der Waals surface area (Å²) in [6.45, 7) is 3.04. The van der Waals surface area contributed by atoms with Crippen LogP contribution in [0, 0.1) is 5.92 Å². The molecule has 7 nitrogen and oxygen atoms in total. The quantitative estimate of drug-likeness (QED) is 0.909. The van der Waals surface area contributed by atoms with Crippen molar-refractivity contribution in [2.45, 2.75) is 18.8 Å². The van der Waals surface area contributed by atoms with Crippen LogP contribution < -0.4 is 9.80 Å². The fraction of sp³-hybridized carbons (Fsp3) is 0.444. The largest absolute Gasteiger partial charge is 0.481 e. The maximum Gasteiger partial charge on any atom is 0.308 e. The SMILES string of the molecule is O=C(O)[C@@H]1CN(c2nccnc2N2CCCC2)C[C@H]1c1ccncc1. The predicted molar refractivity (Wildman–Crippen MR) is 93.8 cm³/mol. The van der Waals surface area contributed by atoms with Gasteiger partial charge < -0.3 is 14.9 Å². The van der Waals surface area contributed by atoms with Gasteiger partial charge in [-0.1, -0.05) is 0 Å². The number of pyridine rings is 1. The molecular formula is C18H21N5O2. The van der Waals surface area contributed by atoms with Crippen LogP contribution in [0.25, 0.3) is 0 Å². The average Bonchev–Trinajstić information content (AvgIpc) is 3.32. The monoisotopic (exact) mass is 339 g/mol. The lowest BCUT2D eigenvalue weighted by molar-refractivity contribution is -0.141. The van der Waals surface area contributed by atoms with Gasteiger partial charge in [-0.25, -0.2) is 9.97 Å². The second-order valence-corrected chi connectivity index (χ2v) is 6.63. The number of carboxylic acids is 1. The number of carbonyl (C=O) groups is 1. The molecule has 0 aliphatic carbocycles. The number of hydrogen-bond donors (Lipinski definition) is 1.